The molecule has 0 aliphatic carbocycles. The van der Waals surface area contributed by atoms with Gasteiger partial charge >= 0.3 is 0 Å². The number of carbonyl (C=O) groups is 1. The highest BCUT2D eigenvalue weighted by molar-refractivity contribution is 5.93. The van der Waals surface area contributed by atoms with Crippen molar-refractivity contribution in [2.45, 2.75) is 20.4 Å². The molecule has 0 radical (unpaired) electrons. The summed E-state index contributed by atoms with van der Waals surface area (Å²) in [5.41, 5.74) is 5.11. The van der Waals surface area contributed by atoms with E-state index in [-0.39, 0.29) is 5.56 Å². The van der Waals surface area contributed by atoms with Gasteiger partial charge in [-0.1, -0.05) is 36.4 Å². The summed E-state index contributed by atoms with van der Waals surface area (Å²) in [5, 5.41) is 11.3. The number of benzene rings is 2. The summed E-state index contributed by atoms with van der Waals surface area (Å²) >= 11 is 0. The molecular weight excluding hydrogens is 300 g/mol. The second kappa shape index (κ2) is 7.05. The lowest BCUT2D eigenvalue weighted by Crippen LogP contribution is -3.13. The van der Waals surface area contributed by atoms with Gasteiger partial charge in [-0.15, -0.1) is 0 Å². The summed E-state index contributed by atoms with van der Waals surface area (Å²) in [4.78, 5) is 15.0. The molecule has 0 spiro atoms. The first-order chi connectivity index (χ1) is 11.5. The van der Waals surface area contributed by atoms with Gasteiger partial charge in [0, 0.05) is 16.8 Å². The number of hydrogen-bond acceptors (Lipinski definition) is 3. The molecule has 0 saturated carbocycles. The van der Waals surface area contributed by atoms with Gasteiger partial charge in [0.2, 0.25) is 0 Å². The van der Waals surface area contributed by atoms with Crippen molar-refractivity contribution in [2.75, 3.05) is 31.1 Å². The molecule has 1 N–H and O–H groups in total. The number of hydrogen-bond donors (Lipinski definition) is 1. The number of nitrogens with one attached hydrogen (secondary N) is 1. The molecular formula is C20H24N2O2. The minimum absolute atomic E-state index is 0.287. The van der Waals surface area contributed by atoms with Gasteiger partial charge in [-0.25, -0.2) is 0 Å². The molecule has 0 unspecified atom stereocenters. The fraction of sp³-hybridized carbons (Fsp3) is 0.350. The zero-order valence-electron chi connectivity index (χ0n) is 14.3. The monoisotopic (exact) mass is 324 g/mol. The molecule has 2 aromatic rings. The van der Waals surface area contributed by atoms with Crippen LogP contribution in [0.25, 0.3) is 0 Å². The van der Waals surface area contributed by atoms with Gasteiger partial charge in [-0.3, -0.25) is 0 Å². The first-order valence-corrected chi connectivity index (χ1v) is 8.49. The van der Waals surface area contributed by atoms with Crippen molar-refractivity contribution >= 4 is 11.7 Å². The average molecular weight is 324 g/mol. The zero-order valence-corrected chi connectivity index (χ0v) is 14.3. The average Bonchev–Trinajstić information content (AvgIpc) is 2.59. The summed E-state index contributed by atoms with van der Waals surface area (Å²) in [5.74, 6) is -1.10. The van der Waals surface area contributed by atoms with Crippen molar-refractivity contribution < 1.29 is 14.8 Å². The normalized spacial score (nSPS) is 15.5. The Bertz CT molecular complexity index is 734. The summed E-state index contributed by atoms with van der Waals surface area (Å²) in [6.45, 7) is 9.07. The van der Waals surface area contributed by atoms with Crippen molar-refractivity contribution in [1.29, 1.82) is 0 Å². The zero-order chi connectivity index (χ0) is 17.1. The minimum atomic E-state index is -1.10. The summed E-state index contributed by atoms with van der Waals surface area (Å²) in [6.07, 6.45) is 0. The van der Waals surface area contributed by atoms with Gasteiger partial charge < -0.3 is 19.7 Å². The van der Waals surface area contributed by atoms with Crippen LogP contribution in [-0.4, -0.2) is 32.1 Å². The molecule has 1 saturated heterocycles. The van der Waals surface area contributed by atoms with Crippen molar-refractivity contribution in [3.8, 4) is 0 Å². The van der Waals surface area contributed by atoms with E-state index in [9.17, 15) is 9.90 Å². The SMILES string of the molecule is Cc1ccc(C[NH+]2CCN(c3ccccc3C(=O)[O-])CC2)cc1C. The van der Waals surface area contributed by atoms with Gasteiger partial charge in [-0.05, 0) is 31.0 Å². The number of rotatable bonds is 4. The molecule has 1 aliphatic rings. The van der Waals surface area contributed by atoms with E-state index in [1.807, 2.05) is 12.1 Å². The first-order valence-electron chi connectivity index (χ1n) is 8.49. The van der Waals surface area contributed by atoms with Crippen LogP contribution in [0.1, 0.15) is 27.0 Å². The Balaban J connectivity index is 1.64. The largest absolute Gasteiger partial charge is 0.545 e. The topological polar surface area (TPSA) is 47.8 Å². The van der Waals surface area contributed by atoms with Crippen LogP contribution in [0, 0.1) is 13.8 Å². The van der Waals surface area contributed by atoms with E-state index in [4.69, 9.17) is 0 Å². The highest BCUT2D eigenvalue weighted by Crippen LogP contribution is 2.19. The van der Waals surface area contributed by atoms with Gasteiger partial charge in [0.1, 0.15) is 6.54 Å². The Labute approximate surface area is 143 Å². The molecule has 4 nitrogen and oxygen atoms in total. The lowest BCUT2D eigenvalue weighted by atomic mass is 10.1. The fourth-order valence-corrected chi connectivity index (χ4v) is 3.36. The number of piperazine rings is 1. The lowest BCUT2D eigenvalue weighted by molar-refractivity contribution is -0.914. The molecule has 0 bridgehead atoms. The van der Waals surface area contributed by atoms with E-state index in [2.05, 4.69) is 36.9 Å². The number of anilines is 1. The maximum Gasteiger partial charge on any atom is 0.103 e. The van der Waals surface area contributed by atoms with Crippen LogP contribution in [0.3, 0.4) is 0 Å². The molecule has 1 aliphatic heterocycles. The van der Waals surface area contributed by atoms with E-state index in [1.165, 1.54) is 16.7 Å². The number of nitrogens with zero attached hydrogens (tertiary/aromatic N) is 1. The van der Waals surface area contributed by atoms with Crippen molar-refractivity contribution in [3.05, 3.63) is 64.7 Å². The second-order valence-corrected chi connectivity index (χ2v) is 6.64. The number of carboxylic acids is 1. The Morgan fingerprint density at radius 1 is 1.08 bits per heavy atom. The van der Waals surface area contributed by atoms with E-state index >= 15 is 0 Å². The molecule has 24 heavy (non-hydrogen) atoms. The van der Waals surface area contributed by atoms with Crippen LogP contribution in [0.4, 0.5) is 5.69 Å². The van der Waals surface area contributed by atoms with Gasteiger partial charge in [0.25, 0.3) is 0 Å². The number of carboxylic acid groups (broad SMARTS) is 1. The Hall–Kier alpha value is -2.33. The fourth-order valence-electron chi connectivity index (χ4n) is 3.36. The minimum Gasteiger partial charge on any atom is -0.545 e. The van der Waals surface area contributed by atoms with Crippen molar-refractivity contribution in [1.82, 2.24) is 0 Å². The third-order valence-corrected chi connectivity index (χ3v) is 4.96. The van der Waals surface area contributed by atoms with Gasteiger partial charge in [-0.2, -0.15) is 0 Å². The van der Waals surface area contributed by atoms with Gasteiger partial charge in [0.15, 0.2) is 0 Å². The van der Waals surface area contributed by atoms with E-state index in [1.54, 1.807) is 17.0 Å². The predicted octanol–water partition coefficient (Wildman–Crippen LogP) is 0.572. The maximum absolute atomic E-state index is 11.3. The lowest BCUT2D eigenvalue weighted by Gasteiger charge is -2.35. The Morgan fingerprint density at radius 2 is 1.79 bits per heavy atom. The van der Waals surface area contributed by atoms with Crippen LogP contribution < -0.4 is 14.9 Å². The molecule has 0 atom stereocenters. The second-order valence-electron chi connectivity index (χ2n) is 6.64. The highest BCUT2D eigenvalue weighted by Gasteiger charge is 2.22. The number of quaternary nitrogens is 1. The molecule has 2 aromatic carbocycles. The standard InChI is InChI=1S/C20H24N2O2/c1-15-7-8-17(13-16(15)2)14-21-9-11-22(12-10-21)19-6-4-3-5-18(19)20(23)24/h3-8,13H,9-12,14H2,1-2H3,(H,23,24). The Morgan fingerprint density at radius 3 is 2.46 bits per heavy atom. The number of carbonyl (C=O) groups excluding carboxylic acids is 1. The van der Waals surface area contributed by atoms with Crippen molar-refractivity contribution in [3.63, 3.8) is 0 Å². The van der Waals surface area contributed by atoms with E-state index in [0.29, 0.717) is 0 Å². The number of aromatic carboxylic acids is 1. The quantitative estimate of drug-likeness (QED) is 0.895. The van der Waals surface area contributed by atoms with Crippen LogP contribution in [0.2, 0.25) is 0 Å². The summed E-state index contributed by atoms with van der Waals surface area (Å²) in [7, 11) is 0. The number of aryl methyl sites for hydroxylation is 2. The van der Waals surface area contributed by atoms with Gasteiger partial charge in [0.05, 0.1) is 32.1 Å². The molecule has 0 aromatic heterocycles. The first kappa shape index (κ1) is 16.5. The molecule has 0 amide bonds. The molecule has 1 heterocycles. The maximum atomic E-state index is 11.3. The van der Waals surface area contributed by atoms with Crippen LogP contribution in [0.5, 0.6) is 0 Å². The third kappa shape index (κ3) is 3.60. The molecule has 126 valence electrons. The Kier molecular flexibility index (Phi) is 4.86. The molecule has 1 fully saturated rings. The van der Waals surface area contributed by atoms with E-state index < -0.39 is 5.97 Å². The highest BCUT2D eigenvalue weighted by atomic mass is 16.4. The third-order valence-electron chi connectivity index (χ3n) is 4.96. The summed E-state index contributed by atoms with van der Waals surface area (Å²) < 4.78 is 0. The predicted molar refractivity (Wildman–Crippen MR) is 93.3 cm³/mol. The van der Waals surface area contributed by atoms with Crippen molar-refractivity contribution in [2.24, 2.45) is 0 Å². The van der Waals surface area contributed by atoms with E-state index in [0.717, 1.165) is 38.4 Å². The van der Waals surface area contributed by atoms with Crippen LogP contribution in [-0.2, 0) is 6.54 Å². The smallest absolute Gasteiger partial charge is 0.103 e. The van der Waals surface area contributed by atoms with Crippen LogP contribution >= 0.6 is 0 Å². The van der Waals surface area contributed by atoms with Crippen LogP contribution in [0.15, 0.2) is 42.5 Å². The number of para-hydroxylation sites is 1. The molecule has 3 rings (SSSR count). The molecule has 4 heteroatoms. The summed E-state index contributed by atoms with van der Waals surface area (Å²) in [6, 6.07) is 13.8.